The Morgan fingerprint density at radius 2 is 1.60 bits per heavy atom. The van der Waals surface area contributed by atoms with Crippen molar-refractivity contribution in [3.05, 3.63) is 61.7 Å². The van der Waals surface area contributed by atoms with Crippen LogP contribution in [-0.4, -0.2) is 7.11 Å². The Balaban J connectivity index is 2.17. The van der Waals surface area contributed by atoms with E-state index in [1.807, 2.05) is 6.07 Å². The molecule has 15 heavy (non-hydrogen) atoms. The SMILES string of the molecule is COc1cccc([I+]c2ccccc2)c1. The molecule has 2 aromatic carbocycles. The van der Waals surface area contributed by atoms with Gasteiger partial charge in [-0.25, -0.2) is 0 Å². The highest BCUT2D eigenvalue weighted by Crippen LogP contribution is 2.06. The molecule has 2 heteroatoms. The van der Waals surface area contributed by atoms with Crippen molar-refractivity contribution >= 4 is 0 Å². The summed E-state index contributed by atoms with van der Waals surface area (Å²) in [6.45, 7) is 0. The molecular formula is C13H12IO+. The summed E-state index contributed by atoms with van der Waals surface area (Å²) in [7, 11) is 1.71. The van der Waals surface area contributed by atoms with Crippen molar-refractivity contribution in [2.75, 3.05) is 7.11 Å². The zero-order valence-corrected chi connectivity index (χ0v) is 10.6. The molecule has 0 aliphatic carbocycles. The molecule has 0 N–H and O–H groups in total. The van der Waals surface area contributed by atoms with E-state index in [-0.39, 0.29) is 21.2 Å². The van der Waals surface area contributed by atoms with Crippen LogP contribution in [0.1, 0.15) is 0 Å². The van der Waals surface area contributed by atoms with Gasteiger partial charge in [0.2, 0.25) is 0 Å². The van der Waals surface area contributed by atoms with Crippen molar-refractivity contribution in [1.82, 2.24) is 0 Å². The maximum Gasteiger partial charge on any atom is 0.358 e. The average molecular weight is 311 g/mol. The monoisotopic (exact) mass is 311 g/mol. The van der Waals surface area contributed by atoms with Gasteiger partial charge in [0.15, 0.2) is 7.14 Å². The van der Waals surface area contributed by atoms with Gasteiger partial charge in [-0.1, -0.05) is 24.3 Å². The van der Waals surface area contributed by atoms with Gasteiger partial charge in [0.05, 0.1) is 7.11 Å². The Kier molecular flexibility index (Phi) is 3.61. The Morgan fingerprint density at radius 3 is 2.33 bits per heavy atom. The van der Waals surface area contributed by atoms with Crippen LogP contribution in [0.3, 0.4) is 0 Å². The molecule has 2 rings (SSSR count). The third-order valence-corrected chi connectivity index (χ3v) is 4.62. The Hall–Kier alpha value is -1.03. The van der Waals surface area contributed by atoms with Crippen LogP contribution in [0.2, 0.25) is 0 Å². The van der Waals surface area contributed by atoms with Gasteiger partial charge in [0.1, 0.15) is 5.75 Å². The Morgan fingerprint density at radius 1 is 0.867 bits per heavy atom. The third-order valence-electron chi connectivity index (χ3n) is 1.98. The molecule has 0 aromatic heterocycles. The van der Waals surface area contributed by atoms with Crippen LogP contribution in [0, 0.1) is 7.14 Å². The van der Waals surface area contributed by atoms with Crippen molar-refractivity contribution in [3.63, 3.8) is 0 Å². The van der Waals surface area contributed by atoms with Gasteiger partial charge in [0.25, 0.3) is 0 Å². The van der Waals surface area contributed by atoms with Crippen LogP contribution in [0.4, 0.5) is 0 Å². The molecule has 0 aliphatic rings. The number of benzene rings is 2. The van der Waals surface area contributed by atoms with Crippen LogP contribution < -0.4 is 25.9 Å². The van der Waals surface area contributed by atoms with E-state index in [4.69, 9.17) is 4.74 Å². The Labute approximate surface area is 100 Å². The number of hydrogen-bond donors (Lipinski definition) is 0. The van der Waals surface area contributed by atoms with Crippen LogP contribution in [0.5, 0.6) is 5.75 Å². The molecule has 0 fully saturated rings. The summed E-state index contributed by atoms with van der Waals surface area (Å²) in [6, 6.07) is 18.9. The molecule has 0 saturated carbocycles. The van der Waals surface area contributed by atoms with E-state index >= 15 is 0 Å². The fourth-order valence-electron chi connectivity index (χ4n) is 1.26. The molecule has 0 bridgehead atoms. The van der Waals surface area contributed by atoms with E-state index in [0.29, 0.717) is 0 Å². The van der Waals surface area contributed by atoms with Crippen molar-refractivity contribution < 1.29 is 25.9 Å². The number of halogens is 1. The van der Waals surface area contributed by atoms with Gasteiger partial charge in [-0.15, -0.1) is 0 Å². The lowest BCUT2D eigenvalue weighted by atomic mass is 10.3. The van der Waals surface area contributed by atoms with Gasteiger partial charge in [0, 0.05) is 6.07 Å². The summed E-state index contributed by atoms with van der Waals surface area (Å²) >= 11 is -0.0742. The van der Waals surface area contributed by atoms with Crippen molar-refractivity contribution in [2.45, 2.75) is 0 Å². The van der Waals surface area contributed by atoms with Gasteiger partial charge in [-0.2, -0.15) is 0 Å². The second-order valence-electron chi connectivity index (χ2n) is 3.05. The zero-order chi connectivity index (χ0) is 10.5. The largest absolute Gasteiger partial charge is 0.497 e. The van der Waals surface area contributed by atoms with Crippen LogP contribution in [0.25, 0.3) is 0 Å². The van der Waals surface area contributed by atoms with E-state index < -0.39 is 0 Å². The van der Waals surface area contributed by atoms with Gasteiger partial charge in [-0.3, -0.25) is 0 Å². The molecular weight excluding hydrogens is 299 g/mol. The fraction of sp³-hybridized carbons (Fsp3) is 0.0769. The number of methoxy groups -OCH3 is 1. The lowest BCUT2D eigenvalue weighted by molar-refractivity contribution is -0.597. The predicted octanol–water partition coefficient (Wildman–Crippen LogP) is -0.176. The lowest BCUT2D eigenvalue weighted by Gasteiger charge is -1.95. The minimum Gasteiger partial charge on any atom is -0.497 e. The third kappa shape index (κ3) is 2.96. The predicted molar refractivity (Wildman–Crippen MR) is 56.8 cm³/mol. The number of rotatable bonds is 3. The molecule has 0 spiro atoms. The average Bonchev–Trinajstić information content (AvgIpc) is 2.31. The Bertz CT molecular complexity index is 426. The van der Waals surface area contributed by atoms with Crippen molar-refractivity contribution in [1.29, 1.82) is 0 Å². The lowest BCUT2D eigenvalue weighted by Crippen LogP contribution is -3.61. The topological polar surface area (TPSA) is 9.23 Å². The van der Waals surface area contributed by atoms with E-state index in [1.54, 1.807) is 7.11 Å². The maximum absolute atomic E-state index is 5.21. The zero-order valence-electron chi connectivity index (χ0n) is 8.48. The molecule has 0 aliphatic heterocycles. The van der Waals surface area contributed by atoms with Crippen LogP contribution in [0.15, 0.2) is 54.6 Å². The summed E-state index contributed by atoms with van der Waals surface area (Å²) in [5.41, 5.74) is 0. The van der Waals surface area contributed by atoms with Crippen LogP contribution in [-0.2, 0) is 0 Å². The van der Waals surface area contributed by atoms with Gasteiger partial charge in [-0.05, 0) is 24.3 Å². The highest BCUT2D eigenvalue weighted by molar-refractivity contribution is 5.20. The highest BCUT2D eigenvalue weighted by atomic mass is 127. The van der Waals surface area contributed by atoms with E-state index in [9.17, 15) is 0 Å². The first-order valence-electron chi connectivity index (χ1n) is 4.72. The summed E-state index contributed by atoms with van der Waals surface area (Å²) in [6.07, 6.45) is 0. The first-order chi connectivity index (χ1) is 7.38. The molecule has 0 radical (unpaired) electrons. The molecule has 0 unspecified atom stereocenters. The first kappa shape index (κ1) is 10.5. The van der Waals surface area contributed by atoms with Crippen molar-refractivity contribution in [2.24, 2.45) is 0 Å². The molecule has 0 saturated heterocycles. The molecule has 0 amide bonds. The summed E-state index contributed by atoms with van der Waals surface area (Å²) < 4.78 is 8.03. The molecule has 2 aromatic rings. The van der Waals surface area contributed by atoms with E-state index in [1.165, 1.54) is 7.14 Å². The van der Waals surface area contributed by atoms with E-state index in [2.05, 4.69) is 48.5 Å². The molecule has 76 valence electrons. The quantitative estimate of drug-likeness (QED) is 0.715. The molecule has 1 nitrogen and oxygen atoms in total. The minimum absolute atomic E-state index is 0.0742. The smallest absolute Gasteiger partial charge is 0.358 e. The van der Waals surface area contributed by atoms with Gasteiger partial charge < -0.3 is 4.74 Å². The van der Waals surface area contributed by atoms with Gasteiger partial charge >= 0.3 is 21.2 Å². The minimum atomic E-state index is -0.0742. The molecule has 0 heterocycles. The summed E-state index contributed by atoms with van der Waals surface area (Å²) in [4.78, 5) is 0. The van der Waals surface area contributed by atoms with Crippen LogP contribution >= 0.6 is 0 Å². The standard InChI is InChI=1S/C13H12IO/c1-15-13-9-5-8-12(10-13)14-11-6-3-2-4-7-11/h2-10H,1H3/q+1. The van der Waals surface area contributed by atoms with Crippen molar-refractivity contribution in [3.8, 4) is 5.75 Å². The fourth-order valence-corrected chi connectivity index (χ4v) is 3.60. The number of hydrogen-bond acceptors (Lipinski definition) is 1. The number of ether oxygens (including phenoxy) is 1. The first-order valence-corrected chi connectivity index (χ1v) is 6.88. The van der Waals surface area contributed by atoms with E-state index in [0.717, 1.165) is 5.75 Å². The summed E-state index contributed by atoms with van der Waals surface area (Å²) in [5, 5.41) is 0. The second-order valence-corrected chi connectivity index (χ2v) is 6.08. The second kappa shape index (κ2) is 5.16. The highest BCUT2D eigenvalue weighted by Gasteiger charge is 2.14. The molecule has 0 atom stereocenters. The maximum atomic E-state index is 5.21. The summed E-state index contributed by atoms with van der Waals surface area (Å²) in [5.74, 6) is 0.947. The normalized spacial score (nSPS) is 9.93.